The second-order valence-electron chi connectivity index (χ2n) is 5.02. The third-order valence-corrected chi connectivity index (χ3v) is 3.24. The zero-order valence-electron chi connectivity index (χ0n) is 12.3. The van der Waals surface area contributed by atoms with E-state index in [0.29, 0.717) is 12.2 Å². The average molecular weight is 272 g/mol. The van der Waals surface area contributed by atoms with Crippen LogP contribution >= 0.6 is 0 Å². The lowest BCUT2D eigenvalue weighted by Gasteiger charge is -2.12. The van der Waals surface area contributed by atoms with Crippen LogP contribution in [0.15, 0.2) is 18.3 Å². The van der Waals surface area contributed by atoms with Gasteiger partial charge in [-0.1, -0.05) is 17.7 Å². The zero-order chi connectivity index (χ0) is 14.9. The molecule has 1 aromatic carbocycles. The normalized spacial score (nSPS) is 10.6. The topological polar surface area (TPSA) is 72.9 Å². The SMILES string of the molecule is CCn1cc(N)c(C(=O)Nc2c(C)cc(C)cc2C)n1. The van der Waals surface area contributed by atoms with Crippen LogP contribution < -0.4 is 11.1 Å². The van der Waals surface area contributed by atoms with E-state index in [0.717, 1.165) is 16.8 Å². The summed E-state index contributed by atoms with van der Waals surface area (Å²) in [5, 5.41) is 7.09. The maximum Gasteiger partial charge on any atom is 0.278 e. The second kappa shape index (κ2) is 5.36. The maximum absolute atomic E-state index is 12.3. The number of amides is 1. The molecule has 0 bridgehead atoms. The largest absolute Gasteiger partial charge is 0.396 e. The summed E-state index contributed by atoms with van der Waals surface area (Å²) in [7, 11) is 0. The Balaban J connectivity index is 2.30. The van der Waals surface area contributed by atoms with E-state index in [9.17, 15) is 4.79 Å². The van der Waals surface area contributed by atoms with Gasteiger partial charge in [-0.25, -0.2) is 0 Å². The Labute approximate surface area is 118 Å². The molecule has 2 aromatic rings. The van der Waals surface area contributed by atoms with Gasteiger partial charge in [-0.2, -0.15) is 5.10 Å². The van der Waals surface area contributed by atoms with Crippen LogP contribution in [-0.4, -0.2) is 15.7 Å². The van der Waals surface area contributed by atoms with Crippen LogP contribution in [0.3, 0.4) is 0 Å². The van der Waals surface area contributed by atoms with Gasteiger partial charge in [0.25, 0.3) is 5.91 Å². The Morgan fingerprint density at radius 2 is 1.90 bits per heavy atom. The number of anilines is 2. The average Bonchev–Trinajstić information content (AvgIpc) is 2.75. The summed E-state index contributed by atoms with van der Waals surface area (Å²) in [4.78, 5) is 12.3. The van der Waals surface area contributed by atoms with Crippen molar-refractivity contribution in [1.82, 2.24) is 9.78 Å². The minimum absolute atomic E-state index is 0.270. The first-order chi connectivity index (χ1) is 9.42. The summed E-state index contributed by atoms with van der Waals surface area (Å²) in [6.07, 6.45) is 1.67. The lowest BCUT2D eigenvalue weighted by atomic mass is 10.0. The van der Waals surface area contributed by atoms with Crippen LogP contribution in [0, 0.1) is 20.8 Å². The molecule has 5 heteroatoms. The Morgan fingerprint density at radius 1 is 1.30 bits per heavy atom. The number of hydrogen-bond acceptors (Lipinski definition) is 3. The Hall–Kier alpha value is -2.30. The molecular formula is C15H20N4O. The molecule has 5 nitrogen and oxygen atoms in total. The third-order valence-electron chi connectivity index (χ3n) is 3.24. The number of nitrogens with zero attached hydrogens (tertiary/aromatic N) is 2. The summed E-state index contributed by atoms with van der Waals surface area (Å²) < 4.78 is 1.65. The number of nitrogens with one attached hydrogen (secondary N) is 1. The van der Waals surface area contributed by atoms with E-state index in [1.54, 1.807) is 10.9 Å². The van der Waals surface area contributed by atoms with E-state index in [2.05, 4.69) is 10.4 Å². The first-order valence-electron chi connectivity index (χ1n) is 6.64. The number of aryl methyl sites for hydroxylation is 4. The smallest absolute Gasteiger partial charge is 0.278 e. The van der Waals surface area contributed by atoms with Crippen molar-refractivity contribution in [3.63, 3.8) is 0 Å². The molecule has 20 heavy (non-hydrogen) atoms. The monoisotopic (exact) mass is 272 g/mol. The molecule has 1 amide bonds. The van der Waals surface area contributed by atoms with Crippen LogP contribution in [0.1, 0.15) is 34.1 Å². The van der Waals surface area contributed by atoms with Crippen molar-refractivity contribution in [3.8, 4) is 0 Å². The van der Waals surface area contributed by atoms with Gasteiger partial charge < -0.3 is 11.1 Å². The van der Waals surface area contributed by atoms with Crippen LogP contribution in [0.25, 0.3) is 0 Å². The molecule has 2 rings (SSSR count). The zero-order valence-corrected chi connectivity index (χ0v) is 12.3. The van der Waals surface area contributed by atoms with Crippen molar-refractivity contribution in [2.75, 3.05) is 11.1 Å². The van der Waals surface area contributed by atoms with Gasteiger partial charge in [-0.05, 0) is 38.8 Å². The molecule has 3 N–H and O–H groups in total. The third kappa shape index (κ3) is 2.66. The van der Waals surface area contributed by atoms with Crippen LogP contribution in [0.2, 0.25) is 0 Å². The molecule has 0 fully saturated rings. The predicted molar refractivity (Wildman–Crippen MR) is 80.9 cm³/mol. The standard InChI is InChI=1S/C15H20N4O/c1-5-19-8-12(16)14(18-19)15(20)17-13-10(3)6-9(2)7-11(13)4/h6-8H,5,16H2,1-4H3,(H,17,20). The van der Waals surface area contributed by atoms with E-state index in [1.807, 2.05) is 39.8 Å². The van der Waals surface area contributed by atoms with Gasteiger partial charge in [0.2, 0.25) is 0 Å². The summed E-state index contributed by atoms with van der Waals surface area (Å²) in [5.41, 5.74) is 10.6. The van der Waals surface area contributed by atoms with Crippen LogP contribution in [0.5, 0.6) is 0 Å². The van der Waals surface area contributed by atoms with Crippen molar-refractivity contribution >= 4 is 17.3 Å². The van der Waals surface area contributed by atoms with E-state index in [1.165, 1.54) is 5.56 Å². The number of nitrogens with two attached hydrogens (primary N) is 1. The van der Waals surface area contributed by atoms with E-state index < -0.39 is 0 Å². The minimum Gasteiger partial charge on any atom is -0.396 e. The molecule has 0 aliphatic heterocycles. The molecule has 0 aliphatic carbocycles. The highest BCUT2D eigenvalue weighted by atomic mass is 16.2. The number of benzene rings is 1. The highest BCUT2D eigenvalue weighted by Crippen LogP contribution is 2.23. The summed E-state index contributed by atoms with van der Waals surface area (Å²) >= 11 is 0. The number of hydrogen-bond donors (Lipinski definition) is 2. The molecule has 1 aromatic heterocycles. The number of nitrogen functional groups attached to an aromatic ring is 1. The van der Waals surface area contributed by atoms with Crippen molar-refractivity contribution in [2.24, 2.45) is 0 Å². The van der Waals surface area contributed by atoms with Gasteiger partial charge in [0, 0.05) is 18.4 Å². The van der Waals surface area contributed by atoms with Crippen LogP contribution in [0.4, 0.5) is 11.4 Å². The number of carbonyl (C=O) groups excluding carboxylic acids is 1. The van der Waals surface area contributed by atoms with Gasteiger partial charge in [-0.15, -0.1) is 0 Å². The van der Waals surface area contributed by atoms with E-state index in [-0.39, 0.29) is 11.6 Å². The first kappa shape index (κ1) is 14.1. The van der Waals surface area contributed by atoms with Crippen molar-refractivity contribution in [1.29, 1.82) is 0 Å². The van der Waals surface area contributed by atoms with Crippen molar-refractivity contribution < 1.29 is 4.79 Å². The fraction of sp³-hybridized carbons (Fsp3) is 0.333. The number of aromatic nitrogens is 2. The fourth-order valence-corrected chi connectivity index (χ4v) is 2.33. The minimum atomic E-state index is -0.273. The van der Waals surface area contributed by atoms with Gasteiger partial charge in [0.15, 0.2) is 5.69 Å². The van der Waals surface area contributed by atoms with Crippen molar-refractivity contribution in [3.05, 3.63) is 40.7 Å². The molecule has 0 radical (unpaired) electrons. The molecule has 0 saturated heterocycles. The Kier molecular flexibility index (Phi) is 3.79. The number of carbonyl (C=O) groups is 1. The Bertz CT molecular complexity index is 635. The molecule has 0 atom stereocenters. The van der Waals surface area contributed by atoms with Gasteiger partial charge in [0.05, 0.1) is 5.69 Å². The molecule has 0 saturated carbocycles. The summed E-state index contributed by atoms with van der Waals surface area (Å²) in [5.74, 6) is -0.273. The number of rotatable bonds is 3. The van der Waals surface area contributed by atoms with E-state index >= 15 is 0 Å². The molecular weight excluding hydrogens is 252 g/mol. The fourth-order valence-electron chi connectivity index (χ4n) is 2.33. The van der Waals surface area contributed by atoms with Gasteiger partial charge in [-0.3, -0.25) is 9.48 Å². The quantitative estimate of drug-likeness (QED) is 0.902. The molecule has 0 unspecified atom stereocenters. The lowest BCUT2D eigenvalue weighted by Crippen LogP contribution is -2.16. The molecule has 0 aliphatic rings. The van der Waals surface area contributed by atoms with Gasteiger partial charge >= 0.3 is 0 Å². The molecule has 1 heterocycles. The first-order valence-corrected chi connectivity index (χ1v) is 6.64. The lowest BCUT2D eigenvalue weighted by molar-refractivity contribution is 0.102. The Morgan fingerprint density at radius 3 is 2.40 bits per heavy atom. The second-order valence-corrected chi connectivity index (χ2v) is 5.02. The molecule has 0 spiro atoms. The highest BCUT2D eigenvalue weighted by Gasteiger charge is 2.16. The maximum atomic E-state index is 12.3. The van der Waals surface area contributed by atoms with Crippen LogP contribution in [-0.2, 0) is 6.54 Å². The highest BCUT2D eigenvalue weighted by molar-refractivity contribution is 6.06. The predicted octanol–water partition coefficient (Wildman–Crippen LogP) is 2.66. The van der Waals surface area contributed by atoms with Gasteiger partial charge in [0.1, 0.15) is 0 Å². The van der Waals surface area contributed by atoms with Crippen molar-refractivity contribution in [2.45, 2.75) is 34.2 Å². The van der Waals surface area contributed by atoms with E-state index in [4.69, 9.17) is 5.73 Å². The molecule has 106 valence electrons. The summed E-state index contributed by atoms with van der Waals surface area (Å²) in [6.45, 7) is 8.61. The summed E-state index contributed by atoms with van der Waals surface area (Å²) in [6, 6.07) is 4.08.